The van der Waals surface area contributed by atoms with Crippen LogP contribution in [0, 0.1) is 0 Å². The summed E-state index contributed by atoms with van der Waals surface area (Å²) < 4.78 is 10.8. The molecule has 0 aliphatic carbocycles. The third kappa shape index (κ3) is 2.25. The quantitative estimate of drug-likeness (QED) is 0.746. The van der Waals surface area contributed by atoms with Crippen molar-refractivity contribution in [1.29, 1.82) is 0 Å². The number of methoxy groups -OCH3 is 2. The van der Waals surface area contributed by atoms with Gasteiger partial charge in [-0.2, -0.15) is 0 Å². The molecule has 0 amide bonds. The fourth-order valence-corrected chi connectivity index (χ4v) is 2.39. The first-order valence-corrected chi connectivity index (χ1v) is 6.61. The number of nitrogens with zero attached hydrogens (tertiary/aromatic N) is 1. The van der Waals surface area contributed by atoms with Crippen LogP contribution in [-0.4, -0.2) is 19.2 Å². The molecule has 106 valence electrons. The third-order valence-corrected chi connectivity index (χ3v) is 3.46. The van der Waals surface area contributed by atoms with Gasteiger partial charge in [-0.05, 0) is 30.3 Å². The molecule has 0 atom stereocenters. The van der Waals surface area contributed by atoms with E-state index >= 15 is 0 Å². The van der Waals surface area contributed by atoms with Crippen molar-refractivity contribution in [2.45, 2.75) is 0 Å². The molecule has 0 saturated carbocycles. The van der Waals surface area contributed by atoms with Gasteiger partial charge < -0.3 is 15.2 Å². The van der Waals surface area contributed by atoms with Crippen molar-refractivity contribution >= 4 is 16.6 Å². The average Bonchev–Trinajstić information content (AvgIpc) is 2.53. The summed E-state index contributed by atoms with van der Waals surface area (Å²) in [5, 5.41) is 0.912. The van der Waals surface area contributed by atoms with Crippen LogP contribution in [0.3, 0.4) is 0 Å². The van der Waals surface area contributed by atoms with Crippen molar-refractivity contribution < 1.29 is 9.47 Å². The molecule has 1 aromatic heterocycles. The van der Waals surface area contributed by atoms with Crippen LogP contribution in [0.1, 0.15) is 0 Å². The maximum atomic E-state index is 6.03. The smallest absolute Gasteiger partial charge is 0.145 e. The van der Waals surface area contributed by atoms with Crippen molar-refractivity contribution in [3.63, 3.8) is 0 Å². The highest BCUT2D eigenvalue weighted by atomic mass is 16.5. The summed E-state index contributed by atoms with van der Waals surface area (Å²) >= 11 is 0. The molecule has 0 aliphatic heterocycles. The number of hydrogen-bond acceptors (Lipinski definition) is 4. The SMILES string of the molecule is COc1ccc(OC)c2nc(-c3ccccc3N)ccc12. The summed E-state index contributed by atoms with van der Waals surface area (Å²) in [5.74, 6) is 1.48. The first-order chi connectivity index (χ1) is 10.2. The van der Waals surface area contributed by atoms with Crippen LogP contribution < -0.4 is 15.2 Å². The van der Waals surface area contributed by atoms with Gasteiger partial charge in [0.05, 0.1) is 19.9 Å². The second kappa shape index (κ2) is 5.32. The summed E-state index contributed by atoms with van der Waals surface area (Å²) in [4.78, 5) is 4.70. The monoisotopic (exact) mass is 280 g/mol. The van der Waals surface area contributed by atoms with E-state index in [1.807, 2.05) is 48.5 Å². The minimum absolute atomic E-state index is 0.700. The zero-order valence-electron chi connectivity index (χ0n) is 12.0. The molecule has 0 fully saturated rings. The van der Waals surface area contributed by atoms with Gasteiger partial charge in [-0.15, -0.1) is 0 Å². The summed E-state index contributed by atoms with van der Waals surface area (Å²) in [5.41, 5.74) is 9.21. The molecule has 0 aliphatic rings. The van der Waals surface area contributed by atoms with Gasteiger partial charge in [0.25, 0.3) is 0 Å². The minimum atomic E-state index is 0.700. The number of nitrogens with two attached hydrogens (primary N) is 1. The van der Waals surface area contributed by atoms with E-state index in [1.165, 1.54) is 0 Å². The molecule has 2 aromatic carbocycles. The Balaban J connectivity index is 2.27. The van der Waals surface area contributed by atoms with Gasteiger partial charge in [-0.3, -0.25) is 0 Å². The lowest BCUT2D eigenvalue weighted by atomic mass is 10.1. The Labute approximate surface area is 123 Å². The lowest BCUT2D eigenvalue weighted by molar-refractivity contribution is 0.410. The maximum Gasteiger partial charge on any atom is 0.145 e. The van der Waals surface area contributed by atoms with Gasteiger partial charge in [-0.25, -0.2) is 4.98 Å². The van der Waals surface area contributed by atoms with Gasteiger partial charge in [0.1, 0.15) is 17.0 Å². The number of benzene rings is 2. The fourth-order valence-electron chi connectivity index (χ4n) is 2.39. The molecule has 3 aromatic rings. The van der Waals surface area contributed by atoms with E-state index in [-0.39, 0.29) is 0 Å². The first-order valence-electron chi connectivity index (χ1n) is 6.61. The van der Waals surface area contributed by atoms with Crippen LogP contribution in [0.2, 0.25) is 0 Å². The summed E-state index contributed by atoms with van der Waals surface area (Å²) in [6.45, 7) is 0. The van der Waals surface area contributed by atoms with Crippen molar-refractivity contribution in [2.24, 2.45) is 0 Å². The molecule has 1 heterocycles. The minimum Gasteiger partial charge on any atom is -0.496 e. The lowest BCUT2D eigenvalue weighted by Crippen LogP contribution is -1.95. The molecule has 0 saturated heterocycles. The highest BCUT2D eigenvalue weighted by Crippen LogP contribution is 2.34. The zero-order chi connectivity index (χ0) is 14.8. The van der Waals surface area contributed by atoms with E-state index in [9.17, 15) is 0 Å². The molecule has 0 bridgehead atoms. The predicted octanol–water partition coefficient (Wildman–Crippen LogP) is 3.50. The maximum absolute atomic E-state index is 6.03. The number of ether oxygens (including phenoxy) is 2. The van der Waals surface area contributed by atoms with E-state index in [0.717, 1.165) is 27.9 Å². The van der Waals surface area contributed by atoms with Crippen LogP contribution in [0.4, 0.5) is 5.69 Å². The fraction of sp³-hybridized carbons (Fsp3) is 0.118. The molecule has 3 rings (SSSR count). The van der Waals surface area contributed by atoms with Crippen molar-refractivity contribution in [1.82, 2.24) is 4.98 Å². The third-order valence-electron chi connectivity index (χ3n) is 3.46. The summed E-state index contributed by atoms with van der Waals surface area (Å²) in [7, 11) is 3.27. The van der Waals surface area contributed by atoms with Crippen LogP contribution in [0.5, 0.6) is 11.5 Å². The van der Waals surface area contributed by atoms with E-state index in [0.29, 0.717) is 11.4 Å². The standard InChI is InChI=1S/C17H16N2O2/c1-20-15-9-10-16(21-2)17-12(15)7-8-14(19-17)11-5-3-4-6-13(11)18/h3-10H,18H2,1-2H3. The number of para-hydroxylation sites is 1. The van der Waals surface area contributed by atoms with E-state index in [1.54, 1.807) is 14.2 Å². The van der Waals surface area contributed by atoms with E-state index < -0.39 is 0 Å². The Morgan fingerprint density at radius 1 is 0.857 bits per heavy atom. The van der Waals surface area contributed by atoms with Gasteiger partial charge in [0.15, 0.2) is 0 Å². The molecule has 0 radical (unpaired) electrons. The highest BCUT2D eigenvalue weighted by molar-refractivity contribution is 5.92. The lowest BCUT2D eigenvalue weighted by Gasteiger charge is -2.11. The van der Waals surface area contributed by atoms with Crippen LogP contribution in [0.15, 0.2) is 48.5 Å². The Kier molecular flexibility index (Phi) is 3.36. The molecule has 2 N–H and O–H groups in total. The van der Waals surface area contributed by atoms with Crippen LogP contribution in [-0.2, 0) is 0 Å². The molecule has 4 heteroatoms. The average molecular weight is 280 g/mol. The number of aromatic nitrogens is 1. The van der Waals surface area contributed by atoms with Gasteiger partial charge in [0, 0.05) is 16.6 Å². The second-order valence-electron chi connectivity index (χ2n) is 4.65. The second-order valence-corrected chi connectivity index (χ2v) is 4.65. The molecule has 21 heavy (non-hydrogen) atoms. The molecule has 0 spiro atoms. The number of rotatable bonds is 3. The molecule has 0 unspecified atom stereocenters. The first kappa shape index (κ1) is 13.2. The van der Waals surface area contributed by atoms with Crippen molar-refractivity contribution in [3.8, 4) is 22.8 Å². The van der Waals surface area contributed by atoms with Crippen LogP contribution in [0.25, 0.3) is 22.2 Å². The number of anilines is 1. The van der Waals surface area contributed by atoms with Crippen molar-refractivity contribution in [3.05, 3.63) is 48.5 Å². The Bertz CT molecular complexity index is 800. The Hall–Kier alpha value is -2.75. The molecular formula is C17H16N2O2. The Morgan fingerprint density at radius 3 is 2.29 bits per heavy atom. The predicted molar refractivity (Wildman–Crippen MR) is 84.7 cm³/mol. The summed E-state index contributed by atoms with van der Waals surface area (Å²) in [6, 6.07) is 15.3. The van der Waals surface area contributed by atoms with Gasteiger partial charge >= 0.3 is 0 Å². The van der Waals surface area contributed by atoms with E-state index in [4.69, 9.17) is 20.2 Å². The van der Waals surface area contributed by atoms with Gasteiger partial charge in [-0.1, -0.05) is 18.2 Å². The topological polar surface area (TPSA) is 57.4 Å². The highest BCUT2D eigenvalue weighted by Gasteiger charge is 2.11. The normalized spacial score (nSPS) is 10.6. The van der Waals surface area contributed by atoms with E-state index in [2.05, 4.69) is 0 Å². The van der Waals surface area contributed by atoms with Crippen LogP contribution >= 0.6 is 0 Å². The number of hydrogen-bond donors (Lipinski definition) is 1. The number of nitrogen functional groups attached to an aromatic ring is 1. The largest absolute Gasteiger partial charge is 0.496 e. The number of pyridine rings is 1. The molecular weight excluding hydrogens is 264 g/mol. The van der Waals surface area contributed by atoms with Gasteiger partial charge in [0.2, 0.25) is 0 Å². The summed E-state index contributed by atoms with van der Waals surface area (Å²) in [6.07, 6.45) is 0. The molecule has 4 nitrogen and oxygen atoms in total. The number of fused-ring (bicyclic) bond motifs is 1. The zero-order valence-corrected chi connectivity index (χ0v) is 12.0. The Morgan fingerprint density at radius 2 is 1.57 bits per heavy atom. The van der Waals surface area contributed by atoms with Crippen molar-refractivity contribution in [2.75, 3.05) is 20.0 Å².